The molecule has 0 aliphatic carbocycles. The molecule has 0 amide bonds. The largest absolute Gasteiger partial charge is 0.478 e. The number of hydrogen-bond acceptors (Lipinski definition) is 4. The van der Waals surface area contributed by atoms with Crippen LogP contribution in [0.5, 0.6) is 0 Å². The van der Waals surface area contributed by atoms with Gasteiger partial charge in [-0.1, -0.05) is 36.4 Å². The molecule has 5 heteroatoms. The maximum absolute atomic E-state index is 11.0. The third-order valence-electron chi connectivity index (χ3n) is 3.53. The van der Waals surface area contributed by atoms with Gasteiger partial charge in [-0.2, -0.15) is 5.10 Å². The van der Waals surface area contributed by atoms with Crippen molar-refractivity contribution in [2.45, 2.75) is 13.0 Å². The highest BCUT2D eigenvalue weighted by Crippen LogP contribution is 2.20. The number of anilines is 1. The van der Waals surface area contributed by atoms with Gasteiger partial charge in [0.25, 0.3) is 0 Å². The summed E-state index contributed by atoms with van der Waals surface area (Å²) in [5, 5.41) is 18.7. The van der Waals surface area contributed by atoms with E-state index in [1.807, 2.05) is 29.3 Å². The topological polar surface area (TPSA) is 64.9 Å². The highest BCUT2D eigenvalue weighted by Gasteiger charge is 2.16. The molecular weight excluding hydrogens is 278 g/mol. The predicted molar refractivity (Wildman–Crippen MR) is 86.1 cm³/mol. The molecule has 22 heavy (non-hydrogen) atoms. The molecule has 0 atom stereocenters. The average Bonchev–Trinajstić information content (AvgIpc) is 3.03. The second-order valence-electron chi connectivity index (χ2n) is 5.11. The maximum atomic E-state index is 11.0. The molecule has 0 aromatic heterocycles. The van der Waals surface area contributed by atoms with Crippen LogP contribution in [0.15, 0.2) is 59.7 Å². The van der Waals surface area contributed by atoms with E-state index in [1.165, 1.54) is 5.56 Å². The van der Waals surface area contributed by atoms with Crippen LogP contribution in [0.2, 0.25) is 0 Å². The first-order chi connectivity index (χ1) is 10.7. The quantitative estimate of drug-likeness (QED) is 0.910. The monoisotopic (exact) mass is 295 g/mol. The van der Waals surface area contributed by atoms with Gasteiger partial charge in [0, 0.05) is 19.5 Å². The first-order valence-corrected chi connectivity index (χ1v) is 7.18. The highest BCUT2D eigenvalue weighted by atomic mass is 16.4. The fourth-order valence-electron chi connectivity index (χ4n) is 2.37. The smallest absolute Gasteiger partial charge is 0.335 e. The molecule has 2 aromatic rings. The van der Waals surface area contributed by atoms with E-state index in [0.29, 0.717) is 0 Å². The molecule has 0 radical (unpaired) electrons. The Morgan fingerprint density at radius 2 is 2.00 bits per heavy atom. The summed E-state index contributed by atoms with van der Waals surface area (Å²) in [6, 6.07) is 17.0. The predicted octanol–water partition coefficient (Wildman–Crippen LogP) is 2.70. The lowest BCUT2D eigenvalue weighted by atomic mass is 10.2. The lowest BCUT2D eigenvalue weighted by Gasteiger charge is -2.13. The molecule has 5 nitrogen and oxygen atoms in total. The lowest BCUT2D eigenvalue weighted by molar-refractivity contribution is 0.0697. The number of amidine groups is 1. The van der Waals surface area contributed by atoms with Crippen LogP contribution in [-0.4, -0.2) is 23.5 Å². The van der Waals surface area contributed by atoms with Crippen molar-refractivity contribution in [3.8, 4) is 0 Å². The normalized spacial score (nSPS) is 13.8. The first-order valence-electron chi connectivity index (χ1n) is 7.18. The van der Waals surface area contributed by atoms with E-state index in [0.717, 1.165) is 31.0 Å². The van der Waals surface area contributed by atoms with Gasteiger partial charge in [-0.05, 0) is 23.8 Å². The Labute approximate surface area is 128 Å². The van der Waals surface area contributed by atoms with Crippen LogP contribution < -0.4 is 10.3 Å². The van der Waals surface area contributed by atoms with E-state index in [2.05, 4.69) is 22.6 Å². The van der Waals surface area contributed by atoms with Crippen LogP contribution >= 0.6 is 0 Å². The van der Waals surface area contributed by atoms with Crippen molar-refractivity contribution in [1.82, 2.24) is 5.32 Å². The van der Waals surface area contributed by atoms with Gasteiger partial charge < -0.3 is 10.4 Å². The van der Waals surface area contributed by atoms with Crippen LogP contribution in [0.3, 0.4) is 0 Å². The zero-order valence-corrected chi connectivity index (χ0v) is 12.1. The SMILES string of the molecule is O=C(O)c1cccc(N2CCC(NCc3ccccc3)=N2)c1. The zero-order chi connectivity index (χ0) is 15.4. The first kappa shape index (κ1) is 14.1. The molecule has 0 saturated carbocycles. The zero-order valence-electron chi connectivity index (χ0n) is 12.1. The average molecular weight is 295 g/mol. The van der Waals surface area contributed by atoms with Gasteiger partial charge in [-0.15, -0.1) is 0 Å². The number of hydrogen-bond donors (Lipinski definition) is 2. The van der Waals surface area contributed by atoms with Gasteiger partial charge in [0.05, 0.1) is 11.3 Å². The Kier molecular flexibility index (Phi) is 4.05. The number of carboxylic acid groups (broad SMARTS) is 1. The minimum Gasteiger partial charge on any atom is -0.478 e. The number of aromatic carboxylic acids is 1. The van der Waals surface area contributed by atoms with E-state index in [-0.39, 0.29) is 5.56 Å². The van der Waals surface area contributed by atoms with E-state index in [4.69, 9.17) is 5.11 Å². The summed E-state index contributed by atoms with van der Waals surface area (Å²) in [5.74, 6) is -0.00275. The Morgan fingerprint density at radius 1 is 1.18 bits per heavy atom. The van der Waals surface area contributed by atoms with Gasteiger partial charge in [-0.25, -0.2) is 4.79 Å². The van der Waals surface area contributed by atoms with Crippen molar-refractivity contribution < 1.29 is 9.90 Å². The summed E-state index contributed by atoms with van der Waals surface area (Å²) in [4.78, 5) is 11.0. The van der Waals surface area contributed by atoms with Gasteiger partial charge in [-0.3, -0.25) is 5.01 Å². The molecule has 1 heterocycles. The Morgan fingerprint density at radius 3 is 2.77 bits per heavy atom. The van der Waals surface area contributed by atoms with Crippen LogP contribution in [0.1, 0.15) is 22.3 Å². The Bertz CT molecular complexity index is 698. The van der Waals surface area contributed by atoms with Gasteiger partial charge in [0.1, 0.15) is 5.84 Å². The number of rotatable bonds is 4. The van der Waals surface area contributed by atoms with E-state index < -0.39 is 5.97 Å². The number of carbonyl (C=O) groups is 1. The third kappa shape index (κ3) is 3.25. The number of nitrogens with one attached hydrogen (secondary N) is 1. The summed E-state index contributed by atoms with van der Waals surface area (Å²) < 4.78 is 0. The van der Waals surface area contributed by atoms with Crippen molar-refractivity contribution in [1.29, 1.82) is 0 Å². The van der Waals surface area contributed by atoms with E-state index in [9.17, 15) is 4.79 Å². The highest BCUT2D eigenvalue weighted by molar-refractivity contribution is 5.89. The molecule has 1 aliphatic heterocycles. The molecule has 0 bridgehead atoms. The number of hydrazone groups is 1. The fraction of sp³-hybridized carbons (Fsp3) is 0.176. The van der Waals surface area contributed by atoms with Crippen molar-refractivity contribution in [2.75, 3.05) is 11.6 Å². The van der Waals surface area contributed by atoms with Crippen LogP contribution in [-0.2, 0) is 6.54 Å². The second kappa shape index (κ2) is 6.30. The fourth-order valence-corrected chi connectivity index (χ4v) is 2.37. The third-order valence-corrected chi connectivity index (χ3v) is 3.53. The lowest BCUT2D eigenvalue weighted by Crippen LogP contribution is -2.20. The second-order valence-corrected chi connectivity index (χ2v) is 5.11. The van der Waals surface area contributed by atoms with Crippen molar-refractivity contribution in [3.63, 3.8) is 0 Å². The minimum atomic E-state index is -0.924. The standard InChI is InChI=1S/C17H17N3O2/c21-17(22)14-7-4-8-15(11-14)20-10-9-16(19-20)18-12-13-5-2-1-3-6-13/h1-8,11H,9-10,12H2,(H,18,19)(H,21,22). The minimum absolute atomic E-state index is 0.276. The molecule has 2 N–H and O–H groups in total. The maximum Gasteiger partial charge on any atom is 0.335 e. The molecule has 0 unspecified atom stereocenters. The molecule has 0 saturated heterocycles. The van der Waals surface area contributed by atoms with Crippen molar-refractivity contribution in [2.24, 2.45) is 5.10 Å². The Balaban J connectivity index is 1.66. The molecular formula is C17H17N3O2. The molecule has 2 aromatic carbocycles. The van der Waals surface area contributed by atoms with E-state index >= 15 is 0 Å². The number of carboxylic acids is 1. The van der Waals surface area contributed by atoms with Crippen LogP contribution in [0, 0.1) is 0 Å². The van der Waals surface area contributed by atoms with Gasteiger partial charge in [0.15, 0.2) is 0 Å². The number of benzene rings is 2. The van der Waals surface area contributed by atoms with Gasteiger partial charge in [0.2, 0.25) is 0 Å². The molecule has 112 valence electrons. The van der Waals surface area contributed by atoms with Crippen LogP contribution in [0.4, 0.5) is 5.69 Å². The molecule has 3 rings (SSSR count). The molecule has 1 aliphatic rings. The van der Waals surface area contributed by atoms with E-state index in [1.54, 1.807) is 18.2 Å². The summed E-state index contributed by atoms with van der Waals surface area (Å²) in [6.07, 6.45) is 0.824. The Hall–Kier alpha value is -2.82. The molecule has 0 spiro atoms. The summed E-state index contributed by atoms with van der Waals surface area (Å²) in [5.41, 5.74) is 2.28. The summed E-state index contributed by atoms with van der Waals surface area (Å²) >= 11 is 0. The summed E-state index contributed by atoms with van der Waals surface area (Å²) in [7, 11) is 0. The summed E-state index contributed by atoms with van der Waals surface area (Å²) in [6.45, 7) is 1.49. The number of nitrogens with zero attached hydrogens (tertiary/aromatic N) is 2. The molecule has 0 fully saturated rings. The van der Waals surface area contributed by atoms with Crippen LogP contribution in [0.25, 0.3) is 0 Å². The van der Waals surface area contributed by atoms with Crippen molar-refractivity contribution >= 4 is 17.5 Å². The van der Waals surface area contributed by atoms with Crippen molar-refractivity contribution in [3.05, 3.63) is 65.7 Å². The van der Waals surface area contributed by atoms with Gasteiger partial charge >= 0.3 is 5.97 Å².